The zero-order chi connectivity index (χ0) is 18.5. The van der Waals surface area contributed by atoms with Gasteiger partial charge in [-0.1, -0.05) is 0 Å². The lowest BCUT2D eigenvalue weighted by Gasteiger charge is -2.21. The fraction of sp³-hybridized carbons (Fsp3) is 0.438. The molecule has 1 atom stereocenters. The molecule has 0 aliphatic rings. The first kappa shape index (κ1) is 20.0. The van der Waals surface area contributed by atoms with Crippen LogP contribution in [0.2, 0.25) is 0 Å². The smallest absolute Gasteiger partial charge is 0.340 e. The van der Waals surface area contributed by atoms with Crippen molar-refractivity contribution >= 4 is 33.8 Å². The van der Waals surface area contributed by atoms with Gasteiger partial charge in [0, 0.05) is 10.0 Å². The predicted octanol–water partition coefficient (Wildman–Crippen LogP) is 2.63. The van der Waals surface area contributed by atoms with Gasteiger partial charge in [0.05, 0.1) is 12.7 Å². The van der Waals surface area contributed by atoms with Crippen molar-refractivity contribution in [2.75, 3.05) is 7.11 Å². The van der Waals surface area contributed by atoms with Crippen LogP contribution in [0.25, 0.3) is 0 Å². The maximum Gasteiger partial charge on any atom is 0.340 e. The summed E-state index contributed by atoms with van der Waals surface area (Å²) in [6.45, 7) is 6.72. The first-order chi connectivity index (χ1) is 11.0. The van der Waals surface area contributed by atoms with E-state index in [-0.39, 0.29) is 5.56 Å². The number of carbonyl (C=O) groups is 3. The van der Waals surface area contributed by atoms with E-state index < -0.39 is 29.6 Å². The van der Waals surface area contributed by atoms with Gasteiger partial charge in [-0.15, -0.1) is 0 Å². The first-order valence-corrected chi connectivity index (χ1v) is 8.00. The van der Waals surface area contributed by atoms with Crippen molar-refractivity contribution in [2.45, 2.75) is 39.3 Å². The first-order valence-electron chi connectivity index (χ1n) is 7.21. The number of ether oxygens (including phenoxy) is 2. The predicted molar refractivity (Wildman–Crippen MR) is 92.0 cm³/mol. The molecular weight excluding hydrogens is 380 g/mol. The van der Waals surface area contributed by atoms with Crippen LogP contribution >= 0.6 is 15.9 Å². The average molecular weight is 401 g/mol. The average Bonchev–Trinajstić information content (AvgIpc) is 2.45. The summed E-state index contributed by atoms with van der Waals surface area (Å²) in [7, 11) is 1.47. The van der Waals surface area contributed by atoms with Gasteiger partial charge in [0.15, 0.2) is 6.10 Å². The molecular formula is C16H21BrN2O5. The highest BCUT2D eigenvalue weighted by molar-refractivity contribution is 9.10. The fourth-order valence-electron chi connectivity index (χ4n) is 1.65. The van der Waals surface area contributed by atoms with Crippen molar-refractivity contribution in [1.82, 2.24) is 10.6 Å². The molecule has 1 aromatic carbocycles. The Kier molecular flexibility index (Phi) is 6.77. The minimum atomic E-state index is -1.14. The Morgan fingerprint density at radius 2 is 1.83 bits per heavy atom. The number of carbonyl (C=O) groups excluding carboxylic acids is 3. The molecule has 0 radical (unpaired) electrons. The number of imide groups is 1. The molecule has 132 valence electrons. The monoisotopic (exact) mass is 400 g/mol. The fourth-order valence-corrected chi connectivity index (χ4v) is 2.06. The van der Waals surface area contributed by atoms with E-state index in [1.54, 1.807) is 32.9 Å². The van der Waals surface area contributed by atoms with E-state index in [9.17, 15) is 14.4 Å². The molecule has 0 spiro atoms. The number of amides is 3. The number of hydrogen-bond donors (Lipinski definition) is 2. The van der Waals surface area contributed by atoms with Gasteiger partial charge in [-0.2, -0.15) is 0 Å². The van der Waals surface area contributed by atoms with Crippen molar-refractivity contribution in [1.29, 1.82) is 0 Å². The largest absolute Gasteiger partial charge is 0.497 e. The second kappa shape index (κ2) is 8.14. The number of methoxy groups -OCH3 is 1. The third-order valence-electron chi connectivity index (χ3n) is 2.77. The summed E-state index contributed by atoms with van der Waals surface area (Å²) in [6, 6.07) is 4.15. The topological polar surface area (TPSA) is 93.7 Å². The molecule has 8 heteroatoms. The number of urea groups is 1. The lowest BCUT2D eigenvalue weighted by molar-refractivity contribution is -0.127. The van der Waals surface area contributed by atoms with E-state index in [1.165, 1.54) is 20.1 Å². The van der Waals surface area contributed by atoms with Crippen LogP contribution in [0, 0.1) is 0 Å². The van der Waals surface area contributed by atoms with Crippen LogP contribution in [-0.2, 0) is 9.53 Å². The molecule has 24 heavy (non-hydrogen) atoms. The van der Waals surface area contributed by atoms with Crippen molar-refractivity contribution < 1.29 is 23.9 Å². The van der Waals surface area contributed by atoms with Gasteiger partial charge in [-0.3, -0.25) is 10.1 Å². The van der Waals surface area contributed by atoms with Gasteiger partial charge in [-0.25, -0.2) is 9.59 Å². The standard InChI is InChI=1S/C16H21BrN2O5/c1-9(13(20)18-15(22)19-16(2,3)4)24-14(21)11-8-10(23-5)6-7-12(11)17/h6-9H,1-5H3,(H2,18,19,20,22)/t9-/m0/s1. The molecule has 0 unspecified atom stereocenters. The molecule has 0 fully saturated rings. The number of esters is 1. The normalized spacial score (nSPS) is 12.1. The van der Waals surface area contributed by atoms with E-state index >= 15 is 0 Å². The number of halogens is 1. The summed E-state index contributed by atoms with van der Waals surface area (Å²) in [5, 5.41) is 4.71. The number of hydrogen-bond acceptors (Lipinski definition) is 5. The van der Waals surface area contributed by atoms with Gasteiger partial charge < -0.3 is 14.8 Å². The SMILES string of the molecule is COc1ccc(Br)c(C(=O)O[C@@H](C)C(=O)NC(=O)NC(C)(C)C)c1. The van der Waals surface area contributed by atoms with Crippen molar-refractivity contribution in [3.8, 4) is 5.75 Å². The number of rotatable bonds is 4. The molecule has 2 N–H and O–H groups in total. The summed E-state index contributed by atoms with van der Waals surface area (Å²) in [6.07, 6.45) is -1.14. The molecule has 0 heterocycles. The maximum absolute atomic E-state index is 12.2. The third kappa shape index (κ3) is 6.19. The lowest BCUT2D eigenvalue weighted by atomic mass is 10.1. The molecule has 1 rings (SSSR count). The van der Waals surface area contributed by atoms with E-state index in [1.807, 2.05) is 0 Å². The lowest BCUT2D eigenvalue weighted by Crippen LogP contribution is -2.50. The zero-order valence-corrected chi connectivity index (χ0v) is 15.8. The van der Waals surface area contributed by atoms with Crippen LogP contribution < -0.4 is 15.4 Å². The Balaban J connectivity index is 2.70. The van der Waals surface area contributed by atoms with E-state index in [2.05, 4.69) is 26.6 Å². The van der Waals surface area contributed by atoms with Gasteiger partial charge in [0.2, 0.25) is 0 Å². The van der Waals surface area contributed by atoms with Crippen LogP contribution in [-0.4, -0.2) is 36.7 Å². The summed E-state index contributed by atoms with van der Waals surface area (Å²) in [5.74, 6) is -0.949. The van der Waals surface area contributed by atoms with Crippen LogP contribution in [0.3, 0.4) is 0 Å². The Bertz CT molecular complexity index is 640. The highest BCUT2D eigenvalue weighted by Crippen LogP contribution is 2.23. The Morgan fingerprint density at radius 3 is 2.38 bits per heavy atom. The summed E-state index contributed by atoms with van der Waals surface area (Å²) < 4.78 is 10.6. The molecule has 0 aliphatic carbocycles. The molecule has 0 bridgehead atoms. The van der Waals surface area contributed by atoms with Gasteiger partial charge in [0.25, 0.3) is 5.91 Å². The number of nitrogens with one attached hydrogen (secondary N) is 2. The Hall–Kier alpha value is -2.09. The van der Waals surface area contributed by atoms with E-state index in [4.69, 9.17) is 9.47 Å². The molecule has 0 saturated carbocycles. The second-order valence-corrected chi connectivity index (χ2v) is 6.94. The quantitative estimate of drug-likeness (QED) is 0.757. The molecule has 0 aliphatic heterocycles. The van der Waals surface area contributed by atoms with Crippen LogP contribution in [0.4, 0.5) is 4.79 Å². The minimum absolute atomic E-state index is 0.216. The van der Waals surface area contributed by atoms with Crippen LogP contribution in [0.15, 0.2) is 22.7 Å². The molecule has 1 aromatic rings. The van der Waals surface area contributed by atoms with Crippen molar-refractivity contribution in [2.24, 2.45) is 0 Å². The van der Waals surface area contributed by atoms with Gasteiger partial charge in [0.1, 0.15) is 5.75 Å². The van der Waals surface area contributed by atoms with Gasteiger partial charge >= 0.3 is 12.0 Å². The Morgan fingerprint density at radius 1 is 1.21 bits per heavy atom. The highest BCUT2D eigenvalue weighted by atomic mass is 79.9. The van der Waals surface area contributed by atoms with Gasteiger partial charge in [-0.05, 0) is 61.8 Å². The Labute approximate surface area is 149 Å². The van der Waals surface area contributed by atoms with Crippen molar-refractivity contribution in [3.05, 3.63) is 28.2 Å². The summed E-state index contributed by atoms with van der Waals surface area (Å²) in [5.41, 5.74) is -0.274. The van der Waals surface area contributed by atoms with E-state index in [0.717, 1.165) is 0 Å². The molecule has 0 aromatic heterocycles. The van der Waals surface area contributed by atoms with Crippen LogP contribution in [0.5, 0.6) is 5.75 Å². The highest BCUT2D eigenvalue weighted by Gasteiger charge is 2.23. The minimum Gasteiger partial charge on any atom is -0.497 e. The van der Waals surface area contributed by atoms with Crippen molar-refractivity contribution in [3.63, 3.8) is 0 Å². The zero-order valence-electron chi connectivity index (χ0n) is 14.2. The molecule has 3 amide bonds. The molecule has 7 nitrogen and oxygen atoms in total. The van der Waals surface area contributed by atoms with E-state index in [0.29, 0.717) is 10.2 Å². The van der Waals surface area contributed by atoms with Crippen LogP contribution in [0.1, 0.15) is 38.1 Å². The summed E-state index contributed by atoms with van der Waals surface area (Å²) >= 11 is 3.24. The summed E-state index contributed by atoms with van der Waals surface area (Å²) in [4.78, 5) is 35.8. The number of benzene rings is 1. The maximum atomic E-state index is 12.2. The second-order valence-electron chi connectivity index (χ2n) is 6.09. The molecule has 0 saturated heterocycles. The third-order valence-corrected chi connectivity index (χ3v) is 3.46.